The Kier molecular flexibility index (Phi) is 5.21. The predicted octanol–water partition coefficient (Wildman–Crippen LogP) is 2.28. The molecule has 0 bridgehead atoms. The van der Waals surface area contributed by atoms with Crippen LogP contribution in [0.2, 0.25) is 0 Å². The molecule has 8 heteroatoms. The summed E-state index contributed by atoms with van der Waals surface area (Å²) in [6.45, 7) is 4.35. The maximum absolute atomic E-state index is 13.0. The molecule has 0 spiro atoms. The van der Waals surface area contributed by atoms with Crippen molar-refractivity contribution < 1.29 is 9.49 Å². The van der Waals surface area contributed by atoms with Crippen LogP contribution in [0.5, 0.6) is 0 Å². The molecular weight excluding hydrogens is 390 g/mol. The second-order valence-corrected chi connectivity index (χ2v) is 7.93. The molecule has 31 heavy (non-hydrogen) atoms. The molecule has 0 unspecified atom stereocenters. The van der Waals surface area contributed by atoms with Crippen molar-refractivity contribution >= 4 is 28.1 Å². The number of fused-ring (bicyclic) bond motifs is 1. The smallest absolute Gasteiger partial charge is 0.230 e. The zero-order valence-corrected chi connectivity index (χ0v) is 17.5. The summed E-state index contributed by atoms with van der Waals surface area (Å²) in [5.41, 5.74) is 3.41. The van der Waals surface area contributed by atoms with Crippen LogP contribution in [0, 0.1) is 0 Å². The van der Waals surface area contributed by atoms with Crippen LogP contribution in [0.15, 0.2) is 59.1 Å². The minimum Gasteiger partial charge on any atom is -0.354 e. The summed E-state index contributed by atoms with van der Waals surface area (Å²) in [7, 11) is 1.90. The quantitative estimate of drug-likeness (QED) is 0.511. The number of Topliss-reactive ketones (excluding diaryl/α,β-unsaturated/α-hetero) is 1. The summed E-state index contributed by atoms with van der Waals surface area (Å²) >= 11 is 0. The number of nitrogens with one attached hydrogen (secondary N) is 1. The first-order chi connectivity index (χ1) is 15.2. The van der Waals surface area contributed by atoms with Gasteiger partial charge in [-0.1, -0.05) is 6.07 Å². The number of ketones is 1. The lowest BCUT2D eigenvalue weighted by Crippen LogP contribution is -2.43. The highest BCUT2D eigenvalue weighted by atomic mass is 16.1. The number of carbonyl (C=O) groups is 1. The van der Waals surface area contributed by atoms with Crippen LogP contribution in [-0.2, 0) is 6.42 Å². The van der Waals surface area contributed by atoms with Crippen LogP contribution < -0.4 is 10.2 Å². The van der Waals surface area contributed by atoms with Gasteiger partial charge in [0, 0.05) is 60.8 Å². The van der Waals surface area contributed by atoms with Crippen molar-refractivity contribution in [3.8, 4) is 0 Å². The molecule has 1 aromatic carbocycles. The molecule has 156 valence electrons. The maximum atomic E-state index is 13.0. The van der Waals surface area contributed by atoms with Crippen LogP contribution in [0.25, 0.3) is 10.8 Å². The van der Waals surface area contributed by atoms with E-state index in [1.807, 2.05) is 37.5 Å². The van der Waals surface area contributed by atoms with Crippen molar-refractivity contribution in [3.05, 3.63) is 65.6 Å². The number of benzene rings is 1. The van der Waals surface area contributed by atoms with E-state index in [9.17, 15) is 4.79 Å². The summed E-state index contributed by atoms with van der Waals surface area (Å²) in [5.74, 6) is 0.901. The van der Waals surface area contributed by atoms with Crippen LogP contribution in [0.4, 0.5) is 5.82 Å². The first-order valence-electron chi connectivity index (χ1n) is 10.5. The van der Waals surface area contributed by atoms with E-state index in [1.54, 1.807) is 17.0 Å². The van der Waals surface area contributed by atoms with E-state index in [4.69, 9.17) is 0 Å². The third-order valence-electron chi connectivity index (χ3n) is 5.66. The number of anilines is 1. The SMILES string of the molecule is C[N+]1=NN=C(c2ccc3cnc(CC(=O)c4ccnc(N5CCNCC5)c4)cc3c2)C1. The van der Waals surface area contributed by atoms with E-state index < -0.39 is 0 Å². The van der Waals surface area contributed by atoms with Gasteiger partial charge in [0.2, 0.25) is 5.71 Å². The number of likely N-dealkylation sites (N-methyl/N-ethyl adjacent to an activating group) is 1. The zero-order valence-electron chi connectivity index (χ0n) is 17.5. The Balaban J connectivity index is 1.35. The van der Waals surface area contributed by atoms with Crippen molar-refractivity contribution in [2.24, 2.45) is 10.3 Å². The third kappa shape index (κ3) is 4.20. The Hall–Kier alpha value is -3.52. The fourth-order valence-corrected chi connectivity index (χ4v) is 3.95. The predicted molar refractivity (Wildman–Crippen MR) is 119 cm³/mol. The molecule has 4 heterocycles. The Morgan fingerprint density at radius 1 is 1.10 bits per heavy atom. The number of hydrogen-bond donors (Lipinski definition) is 1. The van der Waals surface area contributed by atoms with Crippen molar-refractivity contribution in [2.75, 3.05) is 44.7 Å². The molecule has 8 nitrogen and oxygen atoms in total. The lowest BCUT2D eigenvalue weighted by atomic mass is 10.0. The van der Waals surface area contributed by atoms with Gasteiger partial charge in [-0.2, -0.15) is 4.70 Å². The van der Waals surface area contributed by atoms with Gasteiger partial charge < -0.3 is 10.2 Å². The van der Waals surface area contributed by atoms with Crippen molar-refractivity contribution in [1.82, 2.24) is 15.3 Å². The molecule has 1 fully saturated rings. The van der Waals surface area contributed by atoms with Crippen LogP contribution in [0.3, 0.4) is 0 Å². The summed E-state index contributed by atoms with van der Waals surface area (Å²) < 4.78 is 1.81. The topological polar surface area (TPSA) is 85.8 Å². The van der Waals surface area contributed by atoms with E-state index in [1.165, 1.54) is 0 Å². The van der Waals surface area contributed by atoms with Gasteiger partial charge in [-0.25, -0.2) is 4.98 Å². The van der Waals surface area contributed by atoms with Crippen LogP contribution >= 0.6 is 0 Å². The van der Waals surface area contributed by atoms with E-state index in [2.05, 4.69) is 36.6 Å². The highest BCUT2D eigenvalue weighted by molar-refractivity contribution is 6.04. The average Bonchev–Trinajstić information content (AvgIpc) is 3.25. The van der Waals surface area contributed by atoms with Gasteiger partial charge in [0.05, 0.1) is 18.6 Å². The van der Waals surface area contributed by atoms with Crippen molar-refractivity contribution in [1.29, 1.82) is 0 Å². The van der Waals surface area contributed by atoms with E-state index in [0.717, 1.165) is 59.7 Å². The Bertz CT molecular complexity index is 1210. The molecular formula is C23H24N7O+. The first-order valence-corrected chi connectivity index (χ1v) is 10.5. The Morgan fingerprint density at radius 3 is 2.77 bits per heavy atom. The highest BCUT2D eigenvalue weighted by Crippen LogP contribution is 2.20. The molecule has 2 aliphatic heterocycles. The lowest BCUT2D eigenvalue weighted by Gasteiger charge is -2.28. The molecule has 2 aliphatic rings. The van der Waals surface area contributed by atoms with Crippen LogP contribution in [-0.4, -0.2) is 65.9 Å². The number of rotatable bonds is 5. The standard InChI is InChI=1S/C23H24N7O/c1-29-15-21(27-28-29)16-2-3-18-14-26-20(11-19(18)10-16)13-22(31)17-4-5-25-23(12-17)30-8-6-24-7-9-30/h2-5,10-12,14,24H,6-9,13,15H2,1H3/q+1. The molecule has 0 radical (unpaired) electrons. The summed E-state index contributed by atoms with van der Waals surface area (Å²) in [5, 5.41) is 13.7. The number of nitrogens with zero attached hydrogens (tertiary/aromatic N) is 6. The molecule has 2 aromatic heterocycles. The molecule has 1 saturated heterocycles. The fraction of sp³-hybridized carbons (Fsp3) is 0.304. The van der Waals surface area contributed by atoms with E-state index in [0.29, 0.717) is 12.1 Å². The number of carbonyl (C=O) groups excluding carboxylic acids is 1. The fourth-order valence-electron chi connectivity index (χ4n) is 3.95. The highest BCUT2D eigenvalue weighted by Gasteiger charge is 2.20. The minimum atomic E-state index is 0.0439. The second-order valence-electron chi connectivity index (χ2n) is 7.93. The molecule has 5 rings (SSSR count). The molecule has 0 saturated carbocycles. The summed E-state index contributed by atoms with van der Waals surface area (Å²) in [4.78, 5) is 24.1. The van der Waals surface area contributed by atoms with Gasteiger partial charge in [0.15, 0.2) is 12.3 Å². The average molecular weight is 414 g/mol. The maximum Gasteiger partial charge on any atom is 0.230 e. The summed E-state index contributed by atoms with van der Waals surface area (Å²) in [6, 6.07) is 11.8. The van der Waals surface area contributed by atoms with Gasteiger partial charge in [-0.15, -0.1) is 0 Å². The van der Waals surface area contributed by atoms with Crippen LogP contribution in [0.1, 0.15) is 21.6 Å². The molecule has 0 atom stereocenters. The molecule has 3 aromatic rings. The monoisotopic (exact) mass is 414 g/mol. The largest absolute Gasteiger partial charge is 0.354 e. The van der Waals surface area contributed by atoms with Gasteiger partial charge in [-0.3, -0.25) is 9.78 Å². The Morgan fingerprint density at radius 2 is 1.97 bits per heavy atom. The number of aromatic nitrogens is 2. The third-order valence-corrected chi connectivity index (χ3v) is 5.66. The van der Waals surface area contributed by atoms with E-state index in [-0.39, 0.29) is 12.2 Å². The number of hydrogen-bond acceptors (Lipinski definition) is 7. The normalized spacial score (nSPS) is 16.4. The second kappa shape index (κ2) is 8.31. The zero-order chi connectivity index (χ0) is 21.2. The minimum absolute atomic E-state index is 0.0439. The summed E-state index contributed by atoms with van der Waals surface area (Å²) in [6.07, 6.45) is 3.80. The van der Waals surface area contributed by atoms with Gasteiger partial charge in [0.25, 0.3) is 0 Å². The van der Waals surface area contributed by atoms with Crippen molar-refractivity contribution in [3.63, 3.8) is 0 Å². The molecule has 1 N–H and O–H groups in total. The lowest BCUT2D eigenvalue weighted by molar-refractivity contribution is -0.547. The van der Waals surface area contributed by atoms with Crippen molar-refractivity contribution in [2.45, 2.75) is 6.42 Å². The first kappa shape index (κ1) is 19.4. The van der Waals surface area contributed by atoms with Gasteiger partial charge in [-0.05, 0) is 35.7 Å². The Labute approximate surface area is 180 Å². The van der Waals surface area contributed by atoms with Gasteiger partial charge in [0.1, 0.15) is 11.0 Å². The van der Waals surface area contributed by atoms with E-state index >= 15 is 0 Å². The number of piperazine rings is 1. The van der Waals surface area contributed by atoms with Gasteiger partial charge >= 0.3 is 0 Å². The molecule has 0 amide bonds. The molecule has 0 aliphatic carbocycles. The number of pyridine rings is 2.